The summed E-state index contributed by atoms with van der Waals surface area (Å²) in [7, 11) is 0. The number of nitrogens with one attached hydrogen (secondary N) is 1. The molecule has 1 aliphatic carbocycles. The van der Waals surface area contributed by atoms with Crippen LogP contribution >= 0.6 is 13.5 Å². The molecule has 0 radical (unpaired) electrons. The van der Waals surface area contributed by atoms with Crippen LogP contribution in [0.15, 0.2) is 48.8 Å². The molecule has 2 saturated heterocycles. The first-order chi connectivity index (χ1) is 18.5. The van der Waals surface area contributed by atoms with E-state index in [0.29, 0.717) is 13.2 Å². The summed E-state index contributed by atoms with van der Waals surface area (Å²) in [6, 6.07) is 10.2. The summed E-state index contributed by atoms with van der Waals surface area (Å²) in [5.74, 6) is 0.559. The summed E-state index contributed by atoms with van der Waals surface area (Å²) in [5.41, 5.74) is 1.10. The van der Waals surface area contributed by atoms with E-state index in [1.807, 2.05) is 12.1 Å². The highest BCUT2D eigenvalue weighted by atomic mass is 32.1. The number of hydrogen-bond donors (Lipinski definition) is 2. The fraction of sp³-hybridized carbons (Fsp3) is 0.600. The Hall–Kier alpha value is -2.36. The highest BCUT2D eigenvalue weighted by molar-refractivity contribution is 7.59. The van der Waals surface area contributed by atoms with E-state index in [2.05, 4.69) is 20.1 Å². The predicted octanol–water partition coefficient (Wildman–Crippen LogP) is 4.61. The fourth-order valence-corrected chi connectivity index (χ4v) is 6.57. The molecule has 3 heterocycles. The molecule has 1 saturated carbocycles. The monoisotopic (exact) mass is 557 g/mol. The van der Waals surface area contributed by atoms with Crippen molar-refractivity contribution in [2.24, 2.45) is 5.92 Å². The van der Waals surface area contributed by atoms with Gasteiger partial charge >= 0.3 is 0 Å². The number of carbonyl (C=O) groups is 1. The van der Waals surface area contributed by atoms with E-state index >= 15 is 0 Å². The molecule has 0 unspecified atom stereocenters. The number of halogens is 1. The Labute approximate surface area is 239 Å². The van der Waals surface area contributed by atoms with Crippen molar-refractivity contribution in [1.82, 2.24) is 14.8 Å². The van der Waals surface area contributed by atoms with Gasteiger partial charge in [-0.15, -0.1) is 0 Å². The number of carbonyl (C=O) groups excluding carboxylic acids is 1. The molecule has 9 heteroatoms. The summed E-state index contributed by atoms with van der Waals surface area (Å²) >= 11 is 0. The van der Waals surface area contributed by atoms with E-state index in [1.54, 1.807) is 29.4 Å². The van der Waals surface area contributed by atoms with Crippen molar-refractivity contribution in [2.75, 3.05) is 49.6 Å². The third-order valence-electron chi connectivity index (χ3n) is 8.73. The van der Waals surface area contributed by atoms with Crippen molar-refractivity contribution in [1.29, 1.82) is 0 Å². The van der Waals surface area contributed by atoms with Crippen molar-refractivity contribution >= 4 is 30.8 Å². The van der Waals surface area contributed by atoms with Crippen molar-refractivity contribution in [3.8, 4) is 0 Å². The van der Waals surface area contributed by atoms with Gasteiger partial charge in [-0.2, -0.15) is 13.5 Å². The van der Waals surface area contributed by atoms with E-state index in [0.717, 1.165) is 49.8 Å². The van der Waals surface area contributed by atoms with E-state index < -0.39 is 11.6 Å². The zero-order valence-electron chi connectivity index (χ0n) is 22.9. The second kappa shape index (κ2) is 13.8. The van der Waals surface area contributed by atoms with Gasteiger partial charge in [0, 0.05) is 49.9 Å². The average Bonchev–Trinajstić information content (AvgIpc) is 3.17. The van der Waals surface area contributed by atoms with Gasteiger partial charge in [-0.25, -0.2) is 4.39 Å². The number of aliphatic hydroxyl groups is 1. The Balaban J connectivity index is 0.00000353. The van der Waals surface area contributed by atoms with Crippen LogP contribution in [0, 0.1) is 11.7 Å². The first-order valence-electron chi connectivity index (χ1n) is 14.4. The third kappa shape index (κ3) is 7.24. The van der Waals surface area contributed by atoms with Crippen molar-refractivity contribution < 1.29 is 14.3 Å². The lowest BCUT2D eigenvalue weighted by Crippen LogP contribution is -2.57. The number of anilines is 2. The highest BCUT2D eigenvalue weighted by Crippen LogP contribution is 2.40. The standard InChI is InChI=1S/C30H42FN5O2.H2S/c31-25-8-10-27(11-9-25)36-23-35(22-28(37)20-33-26-12-16-32-17-13-26)29(38)30(36)14-18-34(19-15-30)21-24-6-4-2-1-3-5-7-24;/h8-13,16-17,24,28,37H,1-7,14-15,18-23H2,(H,32,33);1H2/t28-;/m0./s1. The van der Waals surface area contributed by atoms with Crippen molar-refractivity contribution in [3.05, 3.63) is 54.6 Å². The van der Waals surface area contributed by atoms with Crippen LogP contribution in [0.5, 0.6) is 0 Å². The summed E-state index contributed by atoms with van der Waals surface area (Å²) in [6.45, 7) is 3.90. The number of benzene rings is 1. The first-order valence-corrected chi connectivity index (χ1v) is 14.4. The van der Waals surface area contributed by atoms with Gasteiger partial charge in [-0.05, 0) is 68.0 Å². The molecule has 2 aliphatic heterocycles. The number of hydrogen-bond acceptors (Lipinski definition) is 6. The second-order valence-corrected chi connectivity index (χ2v) is 11.4. The van der Waals surface area contributed by atoms with Gasteiger partial charge in [0.1, 0.15) is 11.4 Å². The van der Waals surface area contributed by atoms with Crippen LogP contribution in [0.3, 0.4) is 0 Å². The van der Waals surface area contributed by atoms with Gasteiger partial charge < -0.3 is 25.1 Å². The van der Waals surface area contributed by atoms with Crippen LogP contribution < -0.4 is 10.2 Å². The number of piperidine rings is 1. The van der Waals surface area contributed by atoms with Crippen molar-refractivity contribution in [3.63, 3.8) is 0 Å². The molecule has 3 fully saturated rings. The molecule has 1 atom stereocenters. The Morgan fingerprint density at radius 2 is 1.64 bits per heavy atom. The molecule has 2 aromatic rings. The predicted molar refractivity (Wildman–Crippen MR) is 159 cm³/mol. The number of rotatable bonds is 8. The minimum Gasteiger partial charge on any atom is -0.389 e. The maximum Gasteiger partial charge on any atom is 0.250 e. The van der Waals surface area contributed by atoms with Crippen LogP contribution in [0.2, 0.25) is 0 Å². The molecule has 1 aromatic carbocycles. The third-order valence-corrected chi connectivity index (χ3v) is 8.73. The van der Waals surface area contributed by atoms with Crippen LogP contribution in [-0.2, 0) is 4.79 Å². The normalized spacial score (nSPS) is 21.3. The molecule has 1 amide bonds. The van der Waals surface area contributed by atoms with Gasteiger partial charge in [0.15, 0.2) is 0 Å². The number of nitrogens with zero attached hydrogens (tertiary/aromatic N) is 4. The summed E-state index contributed by atoms with van der Waals surface area (Å²) in [5, 5.41) is 14.0. The largest absolute Gasteiger partial charge is 0.389 e. The van der Waals surface area contributed by atoms with Crippen LogP contribution in [0.1, 0.15) is 57.8 Å². The minimum absolute atomic E-state index is 0. The lowest BCUT2D eigenvalue weighted by molar-refractivity contribution is -0.134. The summed E-state index contributed by atoms with van der Waals surface area (Å²) < 4.78 is 13.7. The van der Waals surface area contributed by atoms with Gasteiger partial charge in [0.25, 0.3) is 0 Å². The first kappa shape index (κ1) is 29.6. The van der Waals surface area contributed by atoms with Gasteiger partial charge in [-0.3, -0.25) is 9.78 Å². The van der Waals surface area contributed by atoms with Crippen LogP contribution in [0.4, 0.5) is 15.8 Å². The molecule has 7 nitrogen and oxygen atoms in total. The number of pyridine rings is 1. The Kier molecular flexibility index (Phi) is 10.5. The van der Waals surface area contributed by atoms with E-state index in [9.17, 15) is 14.3 Å². The zero-order chi connectivity index (χ0) is 26.4. The minimum atomic E-state index is -0.711. The molecule has 5 rings (SSSR count). The summed E-state index contributed by atoms with van der Waals surface area (Å²) in [6.07, 6.45) is 13.6. The van der Waals surface area contributed by atoms with Crippen molar-refractivity contribution in [2.45, 2.75) is 69.4 Å². The Bertz CT molecular complexity index is 1030. The number of likely N-dealkylation sites (tertiary alicyclic amines) is 1. The summed E-state index contributed by atoms with van der Waals surface area (Å²) in [4.78, 5) is 24.5. The highest BCUT2D eigenvalue weighted by Gasteiger charge is 2.53. The lowest BCUT2D eigenvalue weighted by Gasteiger charge is -2.44. The Morgan fingerprint density at radius 1 is 1.00 bits per heavy atom. The second-order valence-electron chi connectivity index (χ2n) is 11.4. The number of aliphatic hydroxyl groups excluding tert-OH is 1. The molecule has 1 aromatic heterocycles. The topological polar surface area (TPSA) is 71.9 Å². The average molecular weight is 558 g/mol. The molecule has 2 N–H and O–H groups in total. The van der Waals surface area contributed by atoms with E-state index in [1.165, 1.54) is 57.1 Å². The van der Waals surface area contributed by atoms with E-state index in [4.69, 9.17) is 0 Å². The Morgan fingerprint density at radius 3 is 2.31 bits per heavy atom. The van der Waals surface area contributed by atoms with Gasteiger partial charge in [0.05, 0.1) is 19.3 Å². The molecular formula is C30H44FN5O2S. The van der Waals surface area contributed by atoms with E-state index in [-0.39, 0.29) is 31.8 Å². The van der Waals surface area contributed by atoms with Crippen LogP contribution in [-0.4, -0.2) is 76.8 Å². The van der Waals surface area contributed by atoms with Gasteiger partial charge in [0.2, 0.25) is 5.91 Å². The van der Waals surface area contributed by atoms with Crippen LogP contribution in [0.25, 0.3) is 0 Å². The quantitative estimate of drug-likeness (QED) is 0.494. The number of β-amino-alcohol motifs (C(OH)–C–C–N with tert-alkyl or cyclic N) is 1. The molecular weight excluding hydrogens is 513 g/mol. The molecule has 39 heavy (non-hydrogen) atoms. The maximum atomic E-state index is 14.0. The zero-order valence-corrected chi connectivity index (χ0v) is 23.9. The number of aromatic nitrogens is 1. The molecule has 3 aliphatic rings. The lowest BCUT2D eigenvalue weighted by atomic mass is 9.84. The van der Waals surface area contributed by atoms with Gasteiger partial charge in [-0.1, -0.05) is 32.1 Å². The smallest absolute Gasteiger partial charge is 0.250 e. The number of amides is 1. The molecule has 0 bridgehead atoms. The maximum absolute atomic E-state index is 14.0. The molecule has 214 valence electrons. The SMILES string of the molecule is O=C1N(C[C@@H](O)CNc2ccncc2)CN(c2ccc(F)cc2)C12CCN(CC1CCCCCCC1)CC2.S. The fourth-order valence-electron chi connectivity index (χ4n) is 6.57. The molecule has 1 spiro atoms.